The highest BCUT2D eigenvalue weighted by molar-refractivity contribution is 6.09. The highest BCUT2D eigenvalue weighted by atomic mass is 16.5. The molecule has 4 rings (SSSR count). The Labute approximate surface area is 144 Å². The predicted molar refractivity (Wildman–Crippen MR) is 88.4 cm³/mol. The molecule has 25 heavy (non-hydrogen) atoms. The third-order valence-corrected chi connectivity index (χ3v) is 4.50. The van der Waals surface area contributed by atoms with Gasteiger partial charge in [-0.25, -0.2) is 9.69 Å². The van der Waals surface area contributed by atoms with Crippen LogP contribution in [0.5, 0.6) is 5.75 Å². The zero-order valence-corrected chi connectivity index (χ0v) is 14.0. The Morgan fingerprint density at radius 3 is 3.00 bits per heavy atom. The second-order valence-electron chi connectivity index (χ2n) is 6.17. The number of nitrogens with one attached hydrogen (secondary N) is 1. The average Bonchev–Trinajstić information content (AvgIpc) is 2.98. The lowest BCUT2D eigenvalue weighted by atomic mass is 10.0. The minimum atomic E-state index is -0.476. The van der Waals surface area contributed by atoms with Crippen LogP contribution in [0.25, 0.3) is 0 Å². The van der Waals surface area contributed by atoms with Gasteiger partial charge in [0.15, 0.2) is 12.4 Å². The number of aromatic amines is 1. The third kappa shape index (κ3) is 2.54. The Morgan fingerprint density at radius 2 is 2.16 bits per heavy atom. The Bertz CT molecular complexity index is 847. The number of hydrogen-bond donors (Lipinski definition) is 1. The highest BCUT2D eigenvalue weighted by Gasteiger charge is 2.35. The highest BCUT2D eigenvalue weighted by Crippen LogP contribution is 2.31. The van der Waals surface area contributed by atoms with E-state index in [1.54, 1.807) is 19.2 Å². The molecular formula is C17H18N4O4. The summed E-state index contributed by atoms with van der Waals surface area (Å²) < 4.78 is 11.2. The maximum atomic E-state index is 13.0. The number of anilines is 1. The molecule has 8 heteroatoms. The van der Waals surface area contributed by atoms with Gasteiger partial charge >= 0.3 is 6.03 Å². The van der Waals surface area contributed by atoms with Gasteiger partial charge in [0.25, 0.3) is 5.91 Å². The number of urea groups is 1. The summed E-state index contributed by atoms with van der Waals surface area (Å²) in [4.78, 5) is 28.2. The molecule has 2 aliphatic rings. The molecule has 0 spiro atoms. The summed E-state index contributed by atoms with van der Waals surface area (Å²) in [5, 5.41) is 6.96. The van der Waals surface area contributed by atoms with Crippen molar-refractivity contribution in [2.24, 2.45) is 0 Å². The zero-order chi connectivity index (χ0) is 17.6. The van der Waals surface area contributed by atoms with Gasteiger partial charge in [-0.05, 0) is 19.1 Å². The first-order valence-electron chi connectivity index (χ1n) is 8.05. The molecule has 0 fully saturated rings. The predicted octanol–water partition coefficient (Wildman–Crippen LogP) is 1.92. The first-order chi connectivity index (χ1) is 12.1. The molecule has 2 aromatic rings. The van der Waals surface area contributed by atoms with Crippen molar-refractivity contribution < 1.29 is 19.1 Å². The van der Waals surface area contributed by atoms with Crippen molar-refractivity contribution in [2.75, 3.05) is 18.7 Å². The Balaban J connectivity index is 1.66. The fraction of sp³-hybridized carbons (Fsp3) is 0.353. The number of imide groups is 1. The van der Waals surface area contributed by atoms with Gasteiger partial charge in [-0.3, -0.25) is 14.8 Å². The molecule has 1 atom stereocenters. The number of benzene rings is 1. The Kier molecular flexibility index (Phi) is 3.69. The number of carbonyl (C=O) groups excluding carboxylic acids is 2. The molecule has 3 heterocycles. The van der Waals surface area contributed by atoms with Gasteiger partial charge in [0, 0.05) is 19.0 Å². The molecule has 130 valence electrons. The third-order valence-electron chi connectivity index (χ3n) is 4.50. The Hall–Kier alpha value is -2.87. The topological polar surface area (TPSA) is 87.8 Å². The van der Waals surface area contributed by atoms with Crippen LogP contribution in [-0.2, 0) is 17.8 Å². The largest absolute Gasteiger partial charge is 0.470 e. The van der Waals surface area contributed by atoms with Gasteiger partial charge in [-0.15, -0.1) is 0 Å². The molecule has 1 unspecified atom stereocenters. The van der Waals surface area contributed by atoms with E-state index in [1.165, 1.54) is 4.90 Å². The molecular weight excluding hydrogens is 324 g/mol. The maximum absolute atomic E-state index is 13.0. The fourth-order valence-electron chi connectivity index (χ4n) is 3.09. The summed E-state index contributed by atoms with van der Waals surface area (Å²) in [7, 11) is 1.62. The quantitative estimate of drug-likeness (QED) is 0.855. The molecule has 0 bridgehead atoms. The van der Waals surface area contributed by atoms with Crippen LogP contribution in [0, 0.1) is 0 Å². The monoisotopic (exact) mass is 342 g/mol. The maximum Gasteiger partial charge on any atom is 0.334 e. The summed E-state index contributed by atoms with van der Waals surface area (Å²) in [6.45, 7) is 2.16. The molecule has 0 aliphatic carbocycles. The van der Waals surface area contributed by atoms with E-state index in [2.05, 4.69) is 10.2 Å². The molecule has 0 saturated heterocycles. The number of aromatic nitrogens is 2. The average molecular weight is 342 g/mol. The Morgan fingerprint density at radius 1 is 1.36 bits per heavy atom. The molecule has 0 radical (unpaired) electrons. The standard InChI is InChI=1S/C17H18N4O4/c1-10-7-11-12(8-24-10)18-19-15(11)16(22)21-9-25-14-6-4-3-5-13(14)20(2)17(21)23/h3-6,10H,7-9H2,1-2H3,(H,18,19). The van der Waals surface area contributed by atoms with E-state index < -0.39 is 11.9 Å². The van der Waals surface area contributed by atoms with Gasteiger partial charge in [0.1, 0.15) is 5.75 Å². The van der Waals surface area contributed by atoms with Crippen LogP contribution in [0.2, 0.25) is 0 Å². The number of ether oxygens (including phenoxy) is 2. The first-order valence-corrected chi connectivity index (χ1v) is 8.05. The summed E-state index contributed by atoms with van der Waals surface area (Å²) in [6, 6.07) is 6.72. The molecule has 3 amide bonds. The molecule has 8 nitrogen and oxygen atoms in total. The lowest BCUT2D eigenvalue weighted by Crippen LogP contribution is -2.45. The number of carbonyl (C=O) groups is 2. The minimum absolute atomic E-state index is 0.000312. The van der Waals surface area contributed by atoms with Crippen LogP contribution in [-0.4, -0.2) is 46.9 Å². The van der Waals surface area contributed by atoms with Crippen LogP contribution in [0.4, 0.5) is 10.5 Å². The van der Waals surface area contributed by atoms with Gasteiger partial charge in [-0.2, -0.15) is 5.10 Å². The lowest BCUT2D eigenvalue weighted by Gasteiger charge is -2.23. The van der Waals surface area contributed by atoms with Gasteiger partial charge < -0.3 is 9.47 Å². The molecule has 1 aromatic carbocycles. The number of nitrogens with zero attached hydrogens (tertiary/aromatic N) is 3. The van der Waals surface area contributed by atoms with E-state index in [0.29, 0.717) is 24.5 Å². The summed E-state index contributed by atoms with van der Waals surface area (Å²) in [5.74, 6) is 0.0796. The summed E-state index contributed by atoms with van der Waals surface area (Å²) in [6.07, 6.45) is 0.575. The minimum Gasteiger partial charge on any atom is -0.470 e. The van der Waals surface area contributed by atoms with E-state index in [4.69, 9.17) is 9.47 Å². The number of para-hydroxylation sites is 2. The van der Waals surface area contributed by atoms with E-state index >= 15 is 0 Å². The first kappa shape index (κ1) is 15.6. The number of rotatable bonds is 1. The summed E-state index contributed by atoms with van der Waals surface area (Å²) in [5.41, 5.74) is 2.46. The molecule has 2 aliphatic heterocycles. The van der Waals surface area contributed by atoms with Gasteiger partial charge in [0.05, 0.1) is 24.1 Å². The van der Waals surface area contributed by atoms with Gasteiger partial charge in [-0.1, -0.05) is 12.1 Å². The van der Waals surface area contributed by atoms with Crippen LogP contribution in [0.15, 0.2) is 24.3 Å². The number of hydrogen-bond acceptors (Lipinski definition) is 5. The van der Waals surface area contributed by atoms with Crippen molar-refractivity contribution in [1.29, 1.82) is 0 Å². The van der Waals surface area contributed by atoms with Crippen molar-refractivity contribution in [3.8, 4) is 5.75 Å². The second kappa shape index (κ2) is 5.89. The second-order valence-corrected chi connectivity index (χ2v) is 6.17. The van der Waals surface area contributed by atoms with E-state index in [9.17, 15) is 9.59 Å². The molecule has 1 aromatic heterocycles. The lowest BCUT2D eigenvalue weighted by molar-refractivity contribution is 0.0387. The van der Waals surface area contributed by atoms with Crippen molar-refractivity contribution in [3.63, 3.8) is 0 Å². The van der Waals surface area contributed by atoms with E-state index in [0.717, 1.165) is 16.2 Å². The molecule has 0 saturated carbocycles. The van der Waals surface area contributed by atoms with Crippen LogP contribution >= 0.6 is 0 Å². The van der Waals surface area contributed by atoms with Crippen LogP contribution < -0.4 is 9.64 Å². The number of amides is 3. The normalized spacial score (nSPS) is 19.8. The van der Waals surface area contributed by atoms with Crippen molar-refractivity contribution >= 4 is 17.6 Å². The van der Waals surface area contributed by atoms with Crippen LogP contribution in [0.1, 0.15) is 28.7 Å². The van der Waals surface area contributed by atoms with Crippen molar-refractivity contribution in [1.82, 2.24) is 15.1 Å². The van der Waals surface area contributed by atoms with Crippen LogP contribution in [0.3, 0.4) is 0 Å². The summed E-state index contributed by atoms with van der Waals surface area (Å²) >= 11 is 0. The molecule has 1 N–H and O–H groups in total. The van der Waals surface area contributed by atoms with Crippen molar-refractivity contribution in [2.45, 2.75) is 26.1 Å². The van der Waals surface area contributed by atoms with E-state index in [1.807, 2.05) is 19.1 Å². The smallest absolute Gasteiger partial charge is 0.334 e. The fourth-order valence-corrected chi connectivity index (χ4v) is 3.09. The van der Waals surface area contributed by atoms with Gasteiger partial charge in [0.2, 0.25) is 0 Å². The number of fused-ring (bicyclic) bond motifs is 2. The number of H-pyrrole nitrogens is 1. The van der Waals surface area contributed by atoms with Crippen molar-refractivity contribution in [3.05, 3.63) is 41.2 Å². The van der Waals surface area contributed by atoms with E-state index in [-0.39, 0.29) is 18.5 Å². The zero-order valence-electron chi connectivity index (χ0n) is 14.0. The SMILES string of the molecule is CC1Cc2c(C(=O)N3COc4ccccc4N(C)C3=O)n[nH]c2CO1.